The zero-order valence-corrected chi connectivity index (χ0v) is 76.2. The molecule has 8 heterocycles. The number of rotatable bonds is 16. The highest BCUT2D eigenvalue weighted by Crippen LogP contribution is 2.42. The number of hydrogen-bond donors (Lipinski definition) is 5. The quantitative estimate of drug-likeness (QED) is 0.0973. The highest BCUT2D eigenvalue weighted by Gasteiger charge is 2.23. The first-order valence-electron chi connectivity index (χ1n) is 42.0. The van der Waals surface area contributed by atoms with Crippen molar-refractivity contribution in [1.82, 2.24) is 26.6 Å². The molecule has 0 radical (unpaired) electrons. The Morgan fingerprint density at radius 3 is 1.18 bits per heavy atom. The van der Waals surface area contributed by atoms with Gasteiger partial charge in [0.2, 0.25) is 0 Å². The average molecular weight is 1500 g/mol. The van der Waals surface area contributed by atoms with Gasteiger partial charge in [0.15, 0.2) is 0 Å². The number of hydrogen-bond acceptors (Lipinski definition) is 12. The molecule has 0 spiro atoms. The highest BCUT2D eigenvalue weighted by atomic mass is 32.2. The maximum Gasteiger partial charge on any atom is 0.129 e. The van der Waals surface area contributed by atoms with Crippen molar-refractivity contribution in [2.45, 2.75) is 286 Å². The molecule has 0 aliphatic carbocycles. The fraction of sp³-hybridized carbons (Fsp3) is 0.761. The van der Waals surface area contributed by atoms with E-state index in [1.54, 1.807) is 60.7 Å². The van der Waals surface area contributed by atoms with Crippen LogP contribution < -0.4 is 26.6 Å². The van der Waals surface area contributed by atoms with Crippen LogP contribution >= 0.6 is 35.3 Å². The zero-order valence-electron chi connectivity index (χ0n) is 73.8. The number of nitrogens with zero attached hydrogens (tertiary/aromatic N) is 4. The molecule has 0 bridgehead atoms. The Hall–Kier alpha value is -3.29. The molecule has 9 nitrogen and oxygen atoms in total. The van der Waals surface area contributed by atoms with E-state index in [1.165, 1.54) is 129 Å². The van der Waals surface area contributed by atoms with Gasteiger partial charge in [-0.3, -0.25) is 9.98 Å². The number of thioether (sulfide) groups is 3. The molecule has 5 N–H and O–H groups in total. The summed E-state index contributed by atoms with van der Waals surface area (Å²) in [5, 5.41) is 17.0. The summed E-state index contributed by atoms with van der Waals surface area (Å²) in [6.45, 7) is 81.9. The lowest BCUT2D eigenvalue weighted by Gasteiger charge is -2.27. The van der Waals surface area contributed by atoms with Gasteiger partial charge < -0.3 is 26.6 Å². The van der Waals surface area contributed by atoms with Gasteiger partial charge in [-0.25, -0.2) is 9.98 Å². The average Bonchev–Trinajstić information content (AvgIpc) is 0.938. The molecule has 0 unspecified atom stereocenters. The van der Waals surface area contributed by atoms with Crippen LogP contribution in [-0.2, 0) is 0 Å². The number of aliphatic imine (C=N–C) groups is 4. The van der Waals surface area contributed by atoms with Crippen LogP contribution in [0.15, 0.2) is 121 Å². The Labute approximate surface area is 658 Å². The molecule has 0 aromatic rings. The second-order valence-electron chi connectivity index (χ2n) is 34.5. The van der Waals surface area contributed by atoms with Crippen molar-refractivity contribution in [2.24, 2.45) is 115 Å². The van der Waals surface area contributed by atoms with E-state index in [2.05, 4.69) is 310 Å². The van der Waals surface area contributed by atoms with E-state index in [9.17, 15) is 0 Å². The molecule has 5 fully saturated rings. The number of nitrogens with one attached hydrogen (secondary N) is 5. The lowest BCUT2D eigenvalue weighted by atomic mass is 9.85. The third kappa shape index (κ3) is 38.4. The van der Waals surface area contributed by atoms with Crippen LogP contribution in [0.25, 0.3) is 0 Å². The first kappa shape index (κ1) is 98.7. The SMILES string of the molecule is CC(C)C(=C1C=NC=NC1)C(C)C.CC(C)C(=C1CC=NCC1)C(C)C.CC(C)C(=C1CCCNC1)C(C)C.CC(C)C(=C1CCNCC1)C(C)C.CC(C)C(=C1CCSCC1)C(C)C.CC(C)C(=C1N=CC=CN1)C(C)C.CC(C)C(=C1NCCCN1)C(C)C.CC(C)C(=C1SCCCS1)C(C)C. The molecule has 0 amide bonds. The van der Waals surface area contributed by atoms with Gasteiger partial charge in [-0.1, -0.05) is 272 Å². The second-order valence-corrected chi connectivity index (χ2v) is 38.2. The largest absolute Gasteiger partial charge is 0.372 e. The normalized spacial score (nSPS) is 17.5. The van der Waals surface area contributed by atoms with E-state index in [4.69, 9.17) is 0 Å². The fourth-order valence-corrected chi connectivity index (χ4v) is 21.3. The van der Waals surface area contributed by atoms with Crippen LogP contribution in [0.1, 0.15) is 286 Å². The Morgan fingerprint density at radius 2 is 0.808 bits per heavy atom. The van der Waals surface area contributed by atoms with Crippen molar-refractivity contribution < 1.29 is 0 Å². The molecule has 0 saturated carbocycles. The van der Waals surface area contributed by atoms with Crippen LogP contribution in [0, 0.1) is 94.7 Å². The van der Waals surface area contributed by atoms with Gasteiger partial charge >= 0.3 is 0 Å². The topological polar surface area (TPSA) is 110 Å². The number of piperidine rings is 2. The molecule has 104 heavy (non-hydrogen) atoms. The molecule has 598 valence electrons. The predicted octanol–water partition coefficient (Wildman–Crippen LogP) is 25.4. The molecule has 0 aromatic carbocycles. The molecule has 8 rings (SSSR count). The summed E-state index contributed by atoms with van der Waals surface area (Å²) in [4.78, 5) is 16.8. The Balaban J connectivity index is 0.000000594. The number of allylic oxidation sites excluding steroid dienone is 10. The van der Waals surface area contributed by atoms with Crippen LogP contribution in [0.5, 0.6) is 0 Å². The van der Waals surface area contributed by atoms with E-state index in [-0.39, 0.29) is 0 Å². The summed E-state index contributed by atoms with van der Waals surface area (Å²) in [7, 11) is 0. The maximum absolute atomic E-state index is 4.33. The lowest BCUT2D eigenvalue weighted by molar-refractivity contribution is 0.518. The van der Waals surface area contributed by atoms with Gasteiger partial charge in [0, 0.05) is 61.7 Å². The van der Waals surface area contributed by atoms with Crippen molar-refractivity contribution in [3.8, 4) is 0 Å². The van der Waals surface area contributed by atoms with Crippen LogP contribution in [0.2, 0.25) is 0 Å². The van der Waals surface area contributed by atoms with Gasteiger partial charge in [0.05, 0.1) is 12.4 Å². The van der Waals surface area contributed by atoms with Crippen molar-refractivity contribution in [3.63, 3.8) is 0 Å². The lowest BCUT2D eigenvalue weighted by Crippen LogP contribution is -2.37. The van der Waals surface area contributed by atoms with Crippen LogP contribution in [0.4, 0.5) is 0 Å². The van der Waals surface area contributed by atoms with Gasteiger partial charge in [-0.15, -0.1) is 23.5 Å². The Morgan fingerprint density at radius 1 is 0.375 bits per heavy atom. The molecule has 12 heteroatoms. The maximum atomic E-state index is 4.33. The summed E-state index contributed by atoms with van der Waals surface area (Å²) in [5.41, 5.74) is 21.0. The molecule has 5 saturated heterocycles. The standard InChI is InChI=1S/C12H23N.C12H21N.C12H23N.C12H22S.C11H18N2.C11H22N2.C11H18N2.C11H20S2/c2*1-9(2)12(10(3)4)11-5-7-13-8-6-11;1-9(2)12(10(3)4)11-6-5-7-13-8-11;1-9(2)12(10(3)4)11-5-7-13-8-6-11;1-8(2)11(9(3)4)10-5-12-7-13-6-10;3*1-8(2)10(9(3)4)11-12-6-5-7-13-11/h9-10,13H,5-8H2,1-4H3;7,9-10H,5-6,8H2,1-4H3;9-10,13H,5-8H2,1-4H3;9-10H,5-8H2,1-4H3;5,7-9H,6H2,1-4H3;8-9,12-13H,5-7H2,1-4H3;5-9,12H,1-4H3;8-9H,5-7H2,1-4H3. The minimum atomic E-state index is 0.547. The predicted molar refractivity (Wildman–Crippen MR) is 480 cm³/mol. The fourth-order valence-electron chi connectivity index (χ4n) is 17.1. The van der Waals surface area contributed by atoms with Gasteiger partial charge in [0.1, 0.15) is 12.2 Å². The summed E-state index contributed by atoms with van der Waals surface area (Å²) in [5.74, 6) is 18.4. The van der Waals surface area contributed by atoms with E-state index in [1.807, 2.05) is 24.7 Å². The van der Waals surface area contributed by atoms with Gasteiger partial charge in [0.25, 0.3) is 0 Å². The summed E-state index contributed by atoms with van der Waals surface area (Å²) in [6.07, 6.45) is 24.0. The van der Waals surface area contributed by atoms with Crippen molar-refractivity contribution in [3.05, 3.63) is 101 Å². The van der Waals surface area contributed by atoms with E-state index in [0.29, 0.717) is 59.2 Å². The third-order valence-electron chi connectivity index (χ3n) is 20.2. The van der Waals surface area contributed by atoms with E-state index < -0.39 is 0 Å². The van der Waals surface area contributed by atoms with Crippen molar-refractivity contribution >= 4 is 60.3 Å². The van der Waals surface area contributed by atoms with Crippen molar-refractivity contribution in [2.75, 3.05) is 75.4 Å². The minimum absolute atomic E-state index is 0.547. The smallest absolute Gasteiger partial charge is 0.129 e. The van der Waals surface area contributed by atoms with Crippen molar-refractivity contribution in [1.29, 1.82) is 0 Å². The summed E-state index contributed by atoms with van der Waals surface area (Å²) < 4.78 is 1.62. The Bertz CT molecular complexity index is 2410. The first-order chi connectivity index (χ1) is 49.0. The first-order valence-corrected chi connectivity index (χ1v) is 45.1. The summed E-state index contributed by atoms with van der Waals surface area (Å²) in [6, 6.07) is 0. The highest BCUT2D eigenvalue weighted by molar-refractivity contribution is 8.22. The van der Waals surface area contributed by atoms with E-state index in [0.717, 1.165) is 80.5 Å². The minimum Gasteiger partial charge on any atom is -0.372 e. The molecular formula is C92H167N9S3. The van der Waals surface area contributed by atoms with Crippen LogP contribution in [0.3, 0.4) is 0 Å². The summed E-state index contributed by atoms with van der Waals surface area (Å²) >= 11 is 6.25. The molecular weight excluding hydrogens is 1330 g/mol. The van der Waals surface area contributed by atoms with Gasteiger partial charge in [-0.05, 0) is 223 Å². The third-order valence-corrected chi connectivity index (χ3v) is 23.9. The zero-order chi connectivity index (χ0) is 78.8. The van der Waals surface area contributed by atoms with Gasteiger partial charge in [-0.2, -0.15) is 11.8 Å². The molecule has 8 aliphatic rings. The monoisotopic (exact) mass is 1490 g/mol. The van der Waals surface area contributed by atoms with E-state index >= 15 is 0 Å². The molecule has 0 aromatic heterocycles. The second kappa shape index (κ2) is 55.2. The molecule has 0 atom stereocenters. The molecule has 8 aliphatic heterocycles. The van der Waals surface area contributed by atoms with Crippen LogP contribution in [-0.4, -0.2) is 100 Å². The Kier molecular flexibility index (Phi) is 52.4.